The average Bonchev–Trinajstić information content (AvgIpc) is 2.99. The van der Waals surface area contributed by atoms with Crippen LogP contribution in [-0.2, 0) is 16.9 Å². The number of rotatable bonds is 3. The van der Waals surface area contributed by atoms with E-state index in [0.717, 1.165) is 22.2 Å². The lowest BCUT2D eigenvalue weighted by atomic mass is 10.1. The van der Waals surface area contributed by atoms with Gasteiger partial charge in [0.2, 0.25) is 5.95 Å². The smallest absolute Gasteiger partial charge is 0.324 e. The molecule has 0 aliphatic carbocycles. The minimum atomic E-state index is -3.03. The van der Waals surface area contributed by atoms with Crippen molar-refractivity contribution in [1.29, 1.82) is 0 Å². The lowest BCUT2D eigenvalue weighted by Gasteiger charge is -2.22. The van der Waals surface area contributed by atoms with Crippen molar-refractivity contribution in [3.05, 3.63) is 52.7 Å². The molecule has 1 aliphatic rings. The number of benzene rings is 1. The van der Waals surface area contributed by atoms with Gasteiger partial charge < -0.3 is 5.32 Å². The molecular weight excluding hydrogens is 416 g/mol. The van der Waals surface area contributed by atoms with Crippen LogP contribution in [0, 0.1) is 6.92 Å². The van der Waals surface area contributed by atoms with Crippen LogP contribution in [-0.4, -0.2) is 44.0 Å². The predicted molar refractivity (Wildman–Crippen MR) is 119 cm³/mol. The molecule has 0 saturated carbocycles. The van der Waals surface area contributed by atoms with Crippen LogP contribution >= 0.6 is 0 Å². The summed E-state index contributed by atoms with van der Waals surface area (Å²) in [4.78, 5) is 26.3. The summed E-state index contributed by atoms with van der Waals surface area (Å²) < 4.78 is 26.8. The maximum absolute atomic E-state index is 12.9. The number of fused-ring (bicyclic) bond motifs is 2. The van der Waals surface area contributed by atoms with E-state index < -0.39 is 9.84 Å². The Morgan fingerprint density at radius 3 is 2.71 bits per heavy atom. The molecule has 160 valence electrons. The Hall–Kier alpha value is -3.27. The molecule has 10 heteroatoms. The first-order chi connectivity index (χ1) is 14.8. The molecule has 0 unspecified atom stereocenters. The topological polar surface area (TPSA) is 112 Å². The van der Waals surface area contributed by atoms with Gasteiger partial charge in [0.05, 0.1) is 23.2 Å². The summed E-state index contributed by atoms with van der Waals surface area (Å²) in [6, 6.07) is 7.67. The fourth-order valence-electron chi connectivity index (χ4n) is 4.14. The van der Waals surface area contributed by atoms with E-state index in [-0.39, 0.29) is 23.2 Å². The van der Waals surface area contributed by atoms with Crippen molar-refractivity contribution >= 4 is 43.5 Å². The first kappa shape index (κ1) is 19.7. The second kappa shape index (κ2) is 7.16. The molecule has 1 N–H and O–H groups in total. The zero-order chi connectivity index (χ0) is 21.8. The third kappa shape index (κ3) is 3.46. The standard InChI is InChI=1S/C21H22N6O3S/c1-13-10-17-14(4-3-7-22-17)11-16(13)24-20-23-12-18-19(25-20)27(21(28)26(18)2)15-5-8-31(29,30)9-6-15/h3-4,7,10-12,15H,5-6,8-9H2,1-2H3,(H,23,24,25). The second-order valence-corrected chi connectivity index (χ2v) is 10.3. The molecule has 31 heavy (non-hydrogen) atoms. The van der Waals surface area contributed by atoms with E-state index in [9.17, 15) is 13.2 Å². The predicted octanol–water partition coefficient (Wildman–Crippen LogP) is 2.48. The Balaban J connectivity index is 1.56. The molecular formula is C21H22N6O3S. The molecule has 0 radical (unpaired) electrons. The Morgan fingerprint density at radius 2 is 1.94 bits per heavy atom. The molecule has 1 saturated heterocycles. The van der Waals surface area contributed by atoms with Gasteiger partial charge in [-0.3, -0.25) is 14.1 Å². The molecule has 3 aromatic heterocycles. The first-order valence-electron chi connectivity index (χ1n) is 10.1. The number of anilines is 2. The van der Waals surface area contributed by atoms with Gasteiger partial charge in [0.15, 0.2) is 5.65 Å². The van der Waals surface area contributed by atoms with Crippen LogP contribution in [0.5, 0.6) is 0 Å². The summed E-state index contributed by atoms with van der Waals surface area (Å²) in [5.41, 5.74) is 3.67. The highest BCUT2D eigenvalue weighted by molar-refractivity contribution is 7.91. The maximum Gasteiger partial charge on any atom is 0.330 e. The van der Waals surface area contributed by atoms with Crippen molar-refractivity contribution in [1.82, 2.24) is 24.1 Å². The van der Waals surface area contributed by atoms with Gasteiger partial charge in [-0.2, -0.15) is 4.98 Å². The number of hydrogen-bond acceptors (Lipinski definition) is 7. The lowest BCUT2D eigenvalue weighted by Crippen LogP contribution is -2.32. The van der Waals surface area contributed by atoms with Crippen molar-refractivity contribution in [3.8, 4) is 0 Å². The zero-order valence-corrected chi connectivity index (χ0v) is 18.1. The average molecular weight is 439 g/mol. The van der Waals surface area contributed by atoms with Gasteiger partial charge in [-0.15, -0.1) is 0 Å². The third-order valence-electron chi connectivity index (χ3n) is 5.92. The number of imidazole rings is 1. The van der Waals surface area contributed by atoms with Crippen molar-refractivity contribution in [3.63, 3.8) is 0 Å². The van der Waals surface area contributed by atoms with Crippen LogP contribution < -0.4 is 11.0 Å². The lowest BCUT2D eigenvalue weighted by molar-refractivity contribution is 0.443. The van der Waals surface area contributed by atoms with Crippen molar-refractivity contribution in [2.75, 3.05) is 16.8 Å². The van der Waals surface area contributed by atoms with E-state index in [2.05, 4.69) is 20.3 Å². The van der Waals surface area contributed by atoms with Crippen LogP contribution in [0.3, 0.4) is 0 Å². The second-order valence-electron chi connectivity index (χ2n) is 7.99. The number of nitrogens with zero attached hydrogens (tertiary/aromatic N) is 5. The molecule has 9 nitrogen and oxygen atoms in total. The number of aryl methyl sites for hydroxylation is 2. The van der Waals surface area contributed by atoms with Crippen LogP contribution in [0.2, 0.25) is 0 Å². The summed E-state index contributed by atoms with van der Waals surface area (Å²) >= 11 is 0. The van der Waals surface area contributed by atoms with E-state index >= 15 is 0 Å². The monoisotopic (exact) mass is 438 g/mol. The summed E-state index contributed by atoms with van der Waals surface area (Å²) in [5.74, 6) is 0.545. The summed E-state index contributed by atoms with van der Waals surface area (Å²) in [6.45, 7) is 1.98. The maximum atomic E-state index is 12.9. The summed E-state index contributed by atoms with van der Waals surface area (Å²) in [6.07, 6.45) is 4.20. The third-order valence-corrected chi connectivity index (χ3v) is 7.63. The number of pyridine rings is 1. The zero-order valence-electron chi connectivity index (χ0n) is 17.2. The highest BCUT2D eigenvalue weighted by Crippen LogP contribution is 2.28. The van der Waals surface area contributed by atoms with E-state index in [1.165, 1.54) is 4.57 Å². The minimum absolute atomic E-state index is 0.0843. The van der Waals surface area contributed by atoms with Crippen LogP contribution in [0.15, 0.2) is 41.5 Å². The van der Waals surface area contributed by atoms with Crippen molar-refractivity contribution in [2.24, 2.45) is 7.05 Å². The van der Waals surface area contributed by atoms with Crippen LogP contribution in [0.25, 0.3) is 22.1 Å². The molecule has 4 aromatic rings. The molecule has 0 amide bonds. The van der Waals surface area contributed by atoms with E-state index in [4.69, 9.17) is 0 Å². The normalized spacial score (nSPS) is 16.7. The molecule has 1 aromatic carbocycles. The fourth-order valence-corrected chi connectivity index (χ4v) is 5.61. The number of sulfone groups is 1. The molecule has 0 bridgehead atoms. The molecule has 1 fully saturated rings. The van der Waals surface area contributed by atoms with Crippen molar-refractivity contribution in [2.45, 2.75) is 25.8 Å². The number of nitrogens with one attached hydrogen (secondary N) is 1. The van der Waals surface area contributed by atoms with Gasteiger partial charge >= 0.3 is 5.69 Å². The van der Waals surface area contributed by atoms with Gasteiger partial charge in [0.25, 0.3) is 0 Å². The summed E-state index contributed by atoms with van der Waals surface area (Å²) in [5, 5.41) is 4.25. The van der Waals surface area contributed by atoms with Gasteiger partial charge in [-0.25, -0.2) is 18.2 Å². The molecule has 5 rings (SSSR count). The fraction of sp³-hybridized carbons (Fsp3) is 0.333. The van der Waals surface area contributed by atoms with Crippen LogP contribution in [0.4, 0.5) is 11.6 Å². The molecule has 4 heterocycles. The van der Waals surface area contributed by atoms with E-state index in [0.29, 0.717) is 30.0 Å². The van der Waals surface area contributed by atoms with Gasteiger partial charge in [0.1, 0.15) is 15.4 Å². The first-order valence-corrected chi connectivity index (χ1v) is 11.9. The highest BCUT2D eigenvalue weighted by atomic mass is 32.2. The van der Waals surface area contributed by atoms with Crippen molar-refractivity contribution < 1.29 is 8.42 Å². The molecule has 0 spiro atoms. The minimum Gasteiger partial charge on any atom is -0.324 e. The SMILES string of the molecule is Cc1cc2ncccc2cc1Nc1ncc2c(n1)n(C1CCS(=O)(=O)CC1)c(=O)n2C. The molecule has 1 aliphatic heterocycles. The van der Waals surface area contributed by atoms with Gasteiger partial charge in [0, 0.05) is 30.4 Å². The Kier molecular flexibility index (Phi) is 4.54. The Bertz CT molecular complexity index is 1470. The Labute approximate surface area is 178 Å². The van der Waals surface area contributed by atoms with E-state index in [1.807, 2.05) is 31.2 Å². The highest BCUT2D eigenvalue weighted by Gasteiger charge is 2.28. The van der Waals surface area contributed by atoms with E-state index in [1.54, 1.807) is 24.0 Å². The quantitative estimate of drug-likeness (QED) is 0.523. The Morgan fingerprint density at radius 1 is 1.16 bits per heavy atom. The van der Waals surface area contributed by atoms with Gasteiger partial charge in [-0.05, 0) is 43.5 Å². The molecule has 0 atom stereocenters. The van der Waals surface area contributed by atoms with Crippen LogP contribution in [0.1, 0.15) is 24.4 Å². The summed E-state index contributed by atoms with van der Waals surface area (Å²) in [7, 11) is -1.35. The largest absolute Gasteiger partial charge is 0.330 e. The number of hydrogen-bond donors (Lipinski definition) is 1. The number of aromatic nitrogens is 5. The van der Waals surface area contributed by atoms with Gasteiger partial charge in [-0.1, -0.05) is 6.07 Å².